The summed E-state index contributed by atoms with van der Waals surface area (Å²) in [5, 5.41) is 9.11. The number of amides is 1. The molecule has 1 heterocycles. The second-order valence-corrected chi connectivity index (χ2v) is 7.10. The maximum atomic E-state index is 12.9. The number of carbonyl (C=O) groups excluding carboxylic acids is 2. The van der Waals surface area contributed by atoms with Crippen molar-refractivity contribution in [2.75, 3.05) is 19.7 Å². The fraction of sp³-hybridized carbons (Fsp3) is 0.600. The number of aliphatic hydroxyl groups excluding tert-OH is 1. The van der Waals surface area contributed by atoms with Crippen LogP contribution in [-0.4, -0.2) is 41.4 Å². The minimum Gasteiger partial charge on any atom is -0.396 e. The van der Waals surface area contributed by atoms with Gasteiger partial charge in [-0.2, -0.15) is 0 Å². The minimum absolute atomic E-state index is 0.0825. The van der Waals surface area contributed by atoms with Gasteiger partial charge in [0.25, 0.3) is 5.91 Å². The van der Waals surface area contributed by atoms with Crippen molar-refractivity contribution in [2.45, 2.75) is 51.4 Å². The first-order chi connectivity index (χ1) is 11.7. The number of hydrogen-bond donors (Lipinski definition) is 1. The molecule has 2 aliphatic rings. The van der Waals surface area contributed by atoms with Gasteiger partial charge in [-0.25, -0.2) is 0 Å². The average molecular weight is 329 g/mol. The molecule has 3 rings (SSSR count). The molecule has 1 saturated heterocycles. The molecule has 0 bridgehead atoms. The third-order valence-corrected chi connectivity index (χ3v) is 5.42. The lowest BCUT2D eigenvalue weighted by Gasteiger charge is -2.21. The van der Waals surface area contributed by atoms with Gasteiger partial charge in [-0.15, -0.1) is 0 Å². The Labute approximate surface area is 143 Å². The number of hydrogen-bond acceptors (Lipinski definition) is 3. The van der Waals surface area contributed by atoms with Crippen LogP contribution in [-0.2, 0) is 6.42 Å². The smallest absolute Gasteiger partial charge is 0.253 e. The molecule has 24 heavy (non-hydrogen) atoms. The molecule has 130 valence electrons. The van der Waals surface area contributed by atoms with Gasteiger partial charge in [0, 0.05) is 37.2 Å². The number of Topliss-reactive ketones (excluding diaryl/α,β-unsaturated/α-hetero) is 1. The van der Waals surface area contributed by atoms with Crippen LogP contribution in [0.15, 0.2) is 18.2 Å². The van der Waals surface area contributed by atoms with E-state index in [1.54, 1.807) is 0 Å². The van der Waals surface area contributed by atoms with Gasteiger partial charge in [-0.05, 0) is 68.6 Å². The Balaban J connectivity index is 1.73. The maximum absolute atomic E-state index is 12.9. The second-order valence-electron chi connectivity index (χ2n) is 7.10. The molecule has 1 aliphatic carbocycles. The van der Waals surface area contributed by atoms with E-state index in [4.69, 9.17) is 5.11 Å². The highest BCUT2D eigenvalue weighted by Gasteiger charge is 2.23. The van der Waals surface area contributed by atoms with Crippen LogP contribution in [0.25, 0.3) is 0 Å². The second kappa shape index (κ2) is 7.93. The highest BCUT2D eigenvalue weighted by Crippen LogP contribution is 2.24. The van der Waals surface area contributed by atoms with Gasteiger partial charge >= 0.3 is 0 Å². The van der Waals surface area contributed by atoms with Gasteiger partial charge < -0.3 is 10.0 Å². The van der Waals surface area contributed by atoms with E-state index < -0.39 is 0 Å². The van der Waals surface area contributed by atoms with E-state index in [9.17, 15) is 9.59 Å². The van der Waals surface area contributed by atoms with Gasteiger partial charge in [-0.3, -0.25) is 9.59 Å². The van der Waals surface area contributed by atoms with E-state index >= 15 is 0 Å². The monoisotopic (exact) mass is 329 g/mol. The molecule has 1 aliphatic heterocycles. The van der Waals surface area contributed by atoms with E-state index in [2.05, 4.69) is 0 Å². The lowest BCUT2D eigenvalue weighted by atomic mass is 9.97. The molecule has 0 radical (unpaired) electrons. The Kier molecular flexibility index (Phi) is 5.67. The molecule has 1 atom stereocenters. The summed E-state index contributed by atoms with van der Waals surface area (Å²) in [6, 6.07) is 5.61. The van der Waals surface area contributed by atoms with Gasteiger partial charge in [0.1, 0.15) is 0 Å². The van der Waals surface area contributed by atoms with Crippen LogP contribution in [0.3, 0.4) is 0 Å². The summed E-state index contributed by atoms with van der Waals surface area (Å²) < 4.78 is 0. The quantitative estimate of drug-likeness (QED) is 0.866. The van der Waals surface area contributed by atoms with Gasteiger partial charge in [0.05, 0.1) is 0 Å². The normalized spacial score (nSPS) is 21.8. The van der Waals surface area contributed by atoms with Gasteiger partial charge in [0.2, 0.25) is 0 Å². The van der Waals surface area contributed by atoms with E-state index in [1.807, 2.05) is 23.1 Å². The van der Waals surface area contributed by atoms with Gasteiger partial charge in [0.15, 0.2) is 5.78 Å². The largest absolute Gasteiger partial charge is 0.396 e. The number of rotatable bonds is 3. The highest BCUT2D eigenvalue weighted by atomic mass is 16.3. The Morgan fingerprint density at radius 3 is 2.79 bits per heavy atom. The molecule has 1 N–H and O–H groups in total. The van der Waals surface area contributed by atoms with Crippen molar-refractivity contribution in [3.63, 3.8) is 0 Å². The van der Waals surface area contributed by atoms with Crippen LogP contribution in [0.4, 0.5) is 0 Å². The first kappa shape index (κ1) is 17.2. The van der Waals surface area contributed by atoms with Crippen LogP contribution in [0.1, 0.15) is 71.2 Å². The van der Waals surface area contributed by atoms with Crippen molar-refractivity contribution in [3.8, 4) is 0 Å². The number of aryl methyl sites for hydroxylation is 1. The van der Waals surface area contributed by atoms with E-state index in [-0.39, 0.29) is 18.3 Å². The summed E-state index contributed by atoms with van der Waals surface area (Å²) >= 11 is 0. The summed E-state index contributed by atoms with van der Waals surface area (Å²) in [4.78, 5) is 26.9. The SMILES string of the molecule is O=C1CCCCc2cc(C(=O)N3CCCC(CCO)CC3)ccc21. The Morgan fingerprint density at radius 2 is 1.96 bits per heavy atom. The standard InChI is InChI=1S/C20H27NO3/c22-13-10-15-4-3-11-21(12-9-15)20(24)17-7-8-18-16(14-17)5-1-2-6-19(18)23/h7-8,14-15,22H,1-6,9-13H2. The van der Waals surface area contributed by atoms with Gasteiger partial charge in [-0.1, -0.05) is 6.07 Å². The topological polar surface area (TPSA) is 57.6 Å². The Hall–Kier alpha value is -1.68. The van der Waals surface area contributed by atoms with Crippen LogP contribution >= 0.6 is 0 Å². The van der Waals surface area contributed by atoms with E-state index in [0.29, 0.717) is 17.9 Å². The Bertz CT molecular complexity index is 611. The zero-order chi connectivity index (χ0) is 16.9. The maximum Gasteiger partial charge on any atom is 0.253 e. The molecule has 1 amide bonds. The number of carbonyl (C=O) groups is 2. The highest BCUT2D eigenvalue weighted by molar-refractivity contribution is 6.00. The summed E-state index contributed by atoms with van der Waals surface area (Å²) in [7, 11) is 0. The third-order valence-electron chi connectivity index (χ3n) is 5.42. The first-order valence-corrected chi connectivity index (χ1v) is 9.25. The number of fused-ring (bicyclic) bond motifs is 1. The van der Waals surface area contributed by atoms with Crippen molar-refractivity contribution >= 4 is 11.7 Å². The molecule has 1 fully saturated rings. The molecule has 1 unspecified atom stereocenters. The summed E-state index contributed by atoms with van der Waals surface area (Å²) in [5.41, 5.74) is 2.56. The molecule has 0 saturated carbocycles. The van der Waals surface area contributed by atoms with Crippen LogP contribution < -0.4 is 0 Å². The summed E-state index contributed by atoms with van der Waals surface area (Å²) in [6.45, 7) is 1.79. The average Bonchev–Trinajstić information content (AvgIpc) is 2.93. The van der Waals surface area contributed by atoms with E-state index in [0.717, 1.165) is 69.2 Å². The summed E-state index contributed by atoms with van der Waals surface area (Å²) in [5.74, 6) is 0.819. The van der Waals surface area contributed by atoms with Crippen molar-refractivity contribution in [1.29, 1.82) is 0 Å². The zero-order valence-electron chi connectivity index (χ0n) is 14.3. The molecule has 1 aromatic carbocycles. The lowest BCUT2D eigenvalue weighted by Crippen LogP contribution is -2.32. The predicted octanol–water partition coefficient (Wildman–Crippen LogP) is 3.22. The van der Waals surface area contributed by atoms with Crippen molar-refractivity contribution in [2.24, 2.45) is 5.92 Å². The molecule has 4 nitrogen and oxygen atoms in total. The van der Waals surface area contributed by atoms with Crippen LogP contribution in [0.5, 0.6) is 0 Å². The van der Waals surface area contributed by atoms with Crippen LogP contribution in [0.2, 0.25) is 0 Å². The zero-order valence-corrected chi connectivity index (χ0v) is 14.3. The molecular formula is C20H27NO3. The fourth-order valence-corrected chi connectivity index (χ4v) is 3.96. The number of benzene rings is 1. The number of likely N-dealkylation sites (tertiary alicyclic amines) is 1. The molecule has 4 heteroatoms. The fourth-order valence-electron chi connectivity index (χ4n) is 3.96. The first-order valence-electron chi connectivity index (χ1n) is 9.25. The lowest BCUT2D eigenvalue weighted by molar-refractivity contribution is 0.0759. The minimum atomic E-state index is 0.0825. The third kappa shape index (κ3) is 3.86. The van der Waals surface area contributed by atoms with Crippen molar-refractivity contribution < 1.29 is 14.7 Å². The molecular weight excluding hydrogens is 302 g/mol. The summed E-state index contributed by atoms with van der Waals surface area (Å²) in [6.07, 6.45) is 7.36. The number of aliphatic hydroxyl groups is 1. The molecule has 0 aromatic heterocycles. The van der Waals surface area contributed by atoms with Crippen LogP contribution in [0, 0.1) is 5.92 Å². The molecule has 0 spiro atoms. The van der Waals surface area contributed by atoms with Crippen molar-refractivity contribution in [3.05, 3.63) is 34.9 Å². The number of nitrogens with zero attached hydrogens (tertiary/aromatic N) is 1. The Morgan fingerprint density at radius 1 is 1.12 bits per heavy atom. The predicted molar refractivity (Wildman–Crippen MR) is 93.3 cm³/mol. The molecule has 1 aromatic rings. The number of ketones is 1. The van der Waals surface area contributed by atoms with Crippen molar-refractivity contribution in [1.82, 2.24) is 4.90 Å². The van der Waals surface area contributed by atoms with E-state index in [1.165, 1.54) is 0 Å².